The first-order valence-electron chi connectivity index (χ1n) is 6.56. The van der Waals surface area contributed by atoms with E-state index in [9.17, 15) is 4.79 Å². The van der Waals surface area contributed by atoms with Crippen LogP contribution in [0.25, 0.3) is 0 Å². The maximum atomic E-state index is 12.0. The Morgan fingerprint density at radius 1 is 1.21 bits per heavy atom. The highest BCUT2D eigenvalue weighted by atomic mass is 16.5. The lowest BCUT2D eigenvalue weighted by Crippen LogP contribution is -2.48. The first kappa shape index (κ1) is 13.7. The first-order chi connectivity index (χ1) is 9.19. The highest BCUT2D eigenvalue weighted by molar-refractivity contribution is 5.77. The number of likely N-dealkylation sites (N-methyl/N-ethyl adjacent to an activating group) is 1. The van der Waals surface area contributed by atoms with Crippen molar-refractivity contribution in [1.29, 1.82) is 0 Å². The monoisotopic (exact) mass is 263 g/mol. The zero-order chi connectivity index (χ0) is 13.7. The highest BCUT2D eigenvalue weighted by Gasteiger charge is 2.19. The van der Waals surface area contributed by atoms with E-state index in [1.54, 1.807) is 0 Å². The fourth-order valence-electron chi connectivity index (χ4n) is 2.01. The number of piperazine rings is 1. The van der Waals surface area contributed by atoms with E-state index in [1.165, 1.54) is 0 Å². The fraction of sp³-hybridized carbons (Fsp3) is 0.500. The van der Waals surface area contributed by atoms with E-state index in [0.29, 0.717) is 0 Å². The quantitative estimate of drug-likeness (QED) is 0.876. The van der Waals surface area contributed by atoms with E-state index < -0.39 is 0 Å². The number of carbonyl (C=O) groups is 1. The number of nitrogens with one attached hydrogen (secondary N) is 1. The van der Waals surface area contributed by atoms with Crippen molar-refractivity contribution in [2.45, 2.75) is 0 Å². The molecule has 19 heavy (non-hydrogen) atoms. The molecule has 1 aliphatic rings. The molecule has 1 heterocycles. The Kier molecular flexibility index (Phi) is 4.63. The molecule has 0 aliphatic carbocycles. The maximum absolute atomic E-state index is 12.0. The average molecular weight is 263 g/mol. The van der Waals surface area contributed by atoms with Crippen molar-refractivity contribution in [3.8, 4) is 5.75 Å². The molecule has 1 aliphatic heterocycles. The number of hydrogen-bond donors (Lipinski definition) is 1. The minimum Gasteiger partial charge on any atom is -0.484 e. The third kappa shape index (κ3) is 3.86. The minimum atomic E-state index is 0.0609. The Labute approximate surface area is 114 Å². The molecule has 0 unspecified atom stereocenters. The van der Waals surface area contributed by atoms with Crippen LogP contribution in [0.3, 0.4) is 0 Å². The molecule has 1 aromatic carbocycles. The fourth-order valence-corrected chi connectivity index (χ4v) is 2.01. The number of rotatable bonds is 4. The Balaban J connectivity index is 1.79. The number of carbonyl (C=O) groups excluding carboxylic acids is 1. The van der Waals surface area contributed by atoms with Crippen LogP contribution in [0.2, 0.25) is 0 Å². The molecular formula is C14H21N3O2. The van der Waals surface area contributed by atoms with Gasteiger partial charge in [0.05, 0.1) is 0 Å². The summed E-state index contributed by atoms with van der Waals surface area (Å²) in [4.78, 5) is 16.1. The van der Waals surface area contributed by atoms with Crippen molar-refractivity contribution in [3.05, 3.63) is 24.3 Å². The van der Waals surface area contributed by atoms with Crippen LogP contribution in [0.1, 0.15) is 0 Å². The van der Waals surface area contributed by atoms with Crippen LogP contribution < -0.4 is 10.1 Å². The van der Waals surface area contributed by atoms with E-state index in [0.717, 1.165) is 37.6 Å². The van der Waals surface area contributed by atoms with Crippen molar-refractivity contribution in [2.24, 2.45) is 0 Å². The van der Waals surface area contributed by atoms with Gasteiger partial charge in [0.15, 0.2) is 6.61 Å². The molecule has 1 fully saturated rings. The maximum Gasteiger partial charge on any atom is 0.260 e. The molecule has 0 atom stereocenters. The third-order valence-electron chi connectivity index (χ3n) is 3.36. The van der Waals surface area contributed by atoms with Crippen molar-refractivity contribution < 1.29 is 9.53 Å². The predicted molar refractivity (Wildman–Crippen MR) is 75.6 cm³/mol. The molecule has 0 bridgehead atoms. The molecule has 0 spiro atoms. The summed E-state index contributed by atoms with van der Waals surface area (Å²) in [7, 11) is 3.94. The Morgan fingerprint density at radius 3 is 2.42 bits per heavy atom. The molecule has 0 saturated carbocycles. The van der Waals surface area contributed by atoms with Gasteiger partial charge in [-0.05, 0) is 31.3 Å². The minimum absolute atomic E-state index is 0.0609. The van der Waals surface area contributed by atoms with Gasteiger partial charge in [-0.25, -0.2) is 0 Å². The van der Waals surface area contributed by atoms with E-state index >= 15 is 0 Å². The summed E-state index contributed by atoms with van der Waals surface area (Å²) < 4.78 is 5.51. The van der Waals surface area contributed by atoms with Crippen LogP contribution in [0, 0.1) is 0 Å². The molecule has 1 saturated heterocycles. The summed E-state index contributed by atoms with van der Waals surface area (Å²) >= 11 is 0. The van der Waals surface area contributed by atoms with Crippen LogP contribution >= 0.6 is 0 Å². The number of amides is 1. The first-order valence-corrected chi connectivity index (χ1v) is 6.56. The van der Waals surface area contributed by atoms with Gasteiger partial charge in [-0.3, -0.25) is 4.79 Å². The summed E-state index contributed by atoms with van der Waals surface area (Å²) in [5, 5.41) is 3.04. The number of ether oxygens (including phenoxy) is 1. The number of benzene rings is 1. The largest absolute Gasteiger partial charge is 0.484 e. The SMILES string of the molecule is CNc1ccc(OCC(=O)N2CCN(C)CC2)cc1. The van der Waals surface area contributed by atoms with Gasteiger partial charge >= 0.3 is 0 Å². The van der Waals surface area contributed by atoms with Crippen molar-refractivity contribution in [2.75, 3.05) is 52.2 Å². The second-order valence-corrected chi connectivity index (χ2v) is 4.75. The van der Waals surface area contributed by atoms with Crippen molar-refractivity contribution in [1.82, 2.24) is 9.80 Å². The molecule has 1 aromatic rings. The molecule has 5 nitrogen and oxygen atoms in total. The zero-order valence-corrected chi connectivity index (χ0v) is 11.6. The van der Waals surface area contributed by atoms with Gasteiger partial charge in [0, 0.05) is 38.9 Å². The molecule has 1 amide bonds. The highest BCUT2D eigenvalue weighted by Crippen LogP contribution is 2.15. The van der Waals surface area contributed by atoms with Crippen LogP contribution in [-0.4, -0.2) is 62.6 Å². The topological polar surface area (TPSA) is 44.8 Å². The molecule has 0 aromatic heterocycles. The summed E-state index contributed by atoms with van der Waals surface area (Å²) in [6.45, 7) is 3.56. The van der Waals surface area contributed by atoms with Crippen LogP contribution in [0.4, 0.5) is 5.69 Å². The summed E-state index contributed by atoms with van der Waals surface area (Å²) in [5.41, 5.74) is 1.03. The van der Waals surface area contributed by atoms with Gasteiger partial charge in [0.25, 0.3) is 5.91 Å². The standard InChI is InChI=1S/C14H21N3O2/c1-15-12-3-5-13(6-4-12)19-11-14(18)17-9-7-16(2)8-10-17/h3-6,15H,7-11H2,1-2H3. The molecule has 104 valence electrons. The van der Waals surface area contributed by atoms with Gasteiger partial charge in [-0.2, -0.15) is 0 Å². The van der Waals surface area contributed by atoms with Crippen molar-refractivity contribution >= 4 is 11.6 Å². The summed E-state index contributed by atoms with van der Waals surface area (Å²) in [6, 6.07) is 7.58. The van der Waals surface area contributed by atoms with Crippen LogP contribution in [0.15, 0.2) is 24.3 Å². The van der Waals surface area contributed by atoms with E-state index in [2.05, 4.69) is 17.3 Å². The molecular weight excluding hydrogens is 242 g/mol. The second kappa shape index (κ2) is 6.43. The Morgan fingerprint density at radius 2 is 1.84 bits per heavy atom. The molecule has 1 N–H and O–H groups in total. The second-order valence-electron chi connectivity index (χ2n) is 4.75. The average Bonchev–Trinajstić information content (AvgIpc) is 2.46. The van der Waals surface area contributed by atoms with Gasteiger partial charge in [0.1, 0.15) is 5.75 Å². The summed E-state index contributed by atoms with van der Waals surface area (Å²) in [5.74, 6) is 0.785. The predicted octanol–water partition coefficient (Wildman–Crippen LogP) is 0.881. The third-order valence-corrected chi connectivity index (χ3v) is 3.36. The van der Waals surface area contributed by atoms with Crippen LogP contribution in [0.5, 0.6) is 5.75 Å². The molecule has 2 rings (SSSR count). The van der Waals surface area contributed by atoms with Gasteiger partial charge in [-0.15, -0.1) is 0 Å². The van der Waals surface area contributed by atoms with Gasteiger partial charge in [0.2, 0.25) is 0 Å². The lowest BCUT2D eigenvalue weighted by Gasteiger charge is -2.32. The Hall–Kier alpha value is -1.75. The lowest BCUT2D eigenvalue weighted by molar-refractivity contribution is -0.134. The van der Waals surface area contributed by atoms with Gasteiger partial charge in [-0.1, -0.05) is 0 Å². The van der Waals surface area contributed by atoms with Crippen LogP contribution in [-0.2, 0) is 4.79 Å². The smallest absolute Gasteiger partial charge is 0.260 e. The lowest BCUT2D eigenvalue weighted by atomic mass is 10.3. The number of nitrogens with zero attached hydrogens (tertiary/aromatic N) is 2. The number of hydrogen-bond acceptors (Lipinski definition) is 4. The zero-order valence-electron chi connectivity index (χ0n) is 11.6. The normalized spacial score (nSPS) is 16.2. The number of anilines is 1. The summed E-state index contributed by atoms with van der Waals surface area (Å²) in [6.07, 6.45) is 0. The van der Waals surface area contributed by atoms with Gasteiger partial charge < -0.3 is 19.9 Å². The Bertz CT molecular complexity index is 411. The van der Waals surface area contributed by atoms with E-state index in [-0.39, 0.29) is 12.5 Å². The van der Waals surface area contributed by atoms with E-state index in [4.69, 9.17) is 4.74 Å². The van der Waals surface area contributed by atoms with E-state index in [1.807, 2.05) is 36.2 Å². The van der Waals surface area contributed by atoms with Crippen molar-refractivity contribution in [3.63, 3.8) is 0 Å². The molecule has 5 heteroatoms. The molecule has 0 radical (unpaired) electrons.